The van der Waals surface area contributed by atoms with E-state index in [1.165, 1.54) is 0 Å². The van der Waals surface area contributed by atoms with Gasteiger partial charge in [0.1, 0.15) is 17.5 Å². The maximum Gasteiger partial charge on any atom is 0.139 e. The van der Waals surface area contributed by atoms with Gasteiger partial charge in [-0.1, -0.05) is 19.1 Å². The van der Waals surface area contributed by atoms with Crippen LogP contribution in [0.3, 0.4) is 0 Å². The fourth-order valence-electron chi connectivity index (χ4n) is 2.22. The molecule has 3 rings (SSSR count). The topological polar surface area (TPSA) is 76.7 Å². The van der Waals surface area contributed by atoms with Crippen LogP contribution in [0.15, 0.2) is 36.7 Å². The highest BCUT2D eigenvalue weighted by atomic mass is 15.1. The van der Waals surface area contributed by atoms with Crippen molar-refractivity contribution in [1.29, 1.82) is 0 Å². The Kier molecular flexibility index (Phi) is 3.39. The highest BCUT2D eigenvalue weighted by Crippen LogP contribution is 2.27. The monoisotopic (exact) mass is 279 g/mol. The molecular formula is C16H17N5. The zero-order valence-electron chi connectivity index (χ0n) is 12.1. The number of aromatic nitrogens is 3. The van der Waals surface area contributed by atoms with E-state index in [9.17, 15) is 0 Å². The third-order valence-corrected chi connectivity index (χ3v) is 3.48. The fraction of sp³-hybridized carbons (Fsp3) is 0.188. The number of benzene rings is 1. The Morgan fingerprint density at radius 3 is 2.86 bits per heavy atom. The number of nitrogens with one attached hydrogen (secondary N) is 1. The molecule has 0 fully saturated rings. The molecule has 0 aliphatic carbocycles. The van der Waals surface area contributed by atoms with Gasteiger partial charge in [0.05, 0.1) is 0 Å². The van der Waals surface area contributed by atoms with Crippen LogP contribution in [0.25, 0.3) is 10.8 Å². The Balaban J connectivity index is 2.09. The number of pyridine rings is 1. The summed E-state index contributed by atoms with van der Waals surface area (Å²) in [4.78, 5) is 13.0. The van der Waals surface area contributed by atoms with Gasteiger partial charge < -0.3 is 11.1 Å². The number of anilines is 3. The van der Waals surface area contributed by atoms with E-state index in [4.69, 9.17) is 5.73 Å². The van der Waals surface area contributed by atoms with Crippen molar-refractivity contribution in [2.24, 2.45) is 0 Å². The molecule has 106 valence electrons. The van der Waals surface area contributed by atoms with Crippen LogP contribution in [0.2, 0.25) is 0 Å². The van der Waals surface area contributed by atoms with Gasteiger partial charge in [-0.3, -0.25) is 4.98 Å². The summed E-state index contributed by atoms with van der Waals surface area (Å²) >= 11 is 0. The van der Waals surface area contributed by atoms with Crippen molar-refractivity contribution in [3.8, 4) is 0 Å². The molecule has 3 N–H and O–H groups in total. The van der Waals surface area contributed by atoms with E-state index in [-0.39, 0.29) is 0 Å². The summed E-state index contributed by atoms with van der Waals surface area (Å²) in [7, 11) is 0. The molecule has 1 aromatic carbocycles. The molecule has 2 heterocycles. The second-order valence-electron chi connectivity index (χ2n) is 4.88. The van der Waals surface area contributed by atoms with Gasteiger partial charge in [0.15, 0.2) is 0 Å². The summed E-state index contributed by atoms with van der Waals surface area (Å²) in [5, 5.41) is 5.55. The molecule has 0 aliphatic heterocycles. The first-order valence-corrected chi connectivity index (χ1v) is 6.91. The largest absolute Gasteiger partial charge is 0.383 e. The maximum atomic E-state index is 5.96. The minimum absolute atomic E-state index is 0.520. The first-order chi connectivity index (χ1) is 10.2. The lowest BCUT2D eigenvalue weighted by atomic mass is 10.1. The van der Waals surface area contributed by atoms with E-state index >= 15 is 0 Å². The average molecular weight is 279 g/mol. The Bertz CT molecular complexity index is 793. The molecule has 3 aromatic rings. The normalized spacial score (nSPS) is 10.8. The molecule has 5 heteroatoms. The van der Waals surface area contributed by atoms with Crippen LogP contribution in [0.1, 0.15) is 18.3 Å². The Morgan fingerprint density at radius 1 is 1.19 bits per heavy atom. The fourth-order valence-corrected chi connectivity index (χ4v) is 2.22. The zero-order chi connectivity index (χ0) is 14.8. The predicted octanol–water partition coefficient (Wildman–Crippen LogP) is 3.22. The van der Waals surface area contributed by atoms with Crippen LogP contribution in [-0.2, 0) is 6.42 Å². The van der Waals surface area contributed by atoms with Crippen LogP contribution in [0.4, 0.5) is 17.3 Å². The number of rotatable bonds is 3. The average Bonchev–Trinajstić information content (AvgIpc) is 2.52. The van der Waals surface area contributed by atoms with Crippen LogP contribution >= 0.6 is 0 Å². The number of nitrogens with two attached hydrogens (primary N) is 1. The summed E-state index contributed by atoms with van der Waals surface area (Å²) in [5.74, 6) is 2.01. The van der Waals surface area contributed by atoms with Gasteiger partial charge in [-0.2, -0.15) is 0 Å². The van der Waals surface area contributed by atoms with E-state index in [0.29, 0.717) is 5.82 Å². The molecule has 2 aromatic heterocycles. The quantitative estimate of drug-likeness (QED) is 0.769. The van der Waals surface area contributed by atoms with Crippen LogP contribution < -0.4 is 11.1 Å². The number of fused-ring (bicyclic) bond motifs is 1. The van der Waals surface area contributed by atoms with Gasteiger partial charge in [-0.05, 0) is 19.1 Å². The smallest absolute Gasteiger partial charge is 0.139 e. The number of aryl methyl sites for hydroxylation is 1. The Labute approximate surface area is 123 Å². The second-order valence-corrected chi connectivity index (χ2v) is 4.88. The number of nitrogens with zero attached hydrogens (tertiary/aromatic N) is 3. The van der Waals surface area contributed by atoms with Crippen molar-refractivity contribution in [2.75, 3.05) is 11.1 Å². The standard InChI is InChI=1S/C16H17N5/c1-3-14-20-15(17)10(2)16(21-14)19-13-6-4-5-11-9-18-8-7-12(11)13/h4-9H,3H2,1-2H3,(H3,17,19,20,21). The molecule has 0 saturated heterocycles. The highest BCUT2D eigenvalue weighted by molar-refractivity contribution is 5.94. The predicted molar refractivity (Wildman–Crippen MR) is 85.6 cm³/mol. The molecule has 21 heavy (non-hydrogen) atoms. The molecular weight excluding hydrogens is 262 g/mol. The zero-order valence-corrected chi connectivity index (χ0v) is 12.1. The van der Waals surface area contributed by atoms with Crippen molar-refractivity contribution in [1.82, 2.24) is 15.0 Å². The van der Waals surface area contributed by atoms with Crippen LogP contribution in [0, 0.1) is 6.92 Å². The van der Waals surface area contributed by atoms with E-state index < -0.39 is 0 Å². The minimum atomic E-state index is 0.520. The second kappa shape index (κ2) is 5.36. The molecule has 0 spiro atoms. The number of hydrogen-bond donors (Lipinski definition) is 2. The van der Waals surface area contributed by atoms with Crippen molar-refractivity contribution in [3.05, 3.63) is 48.0 Å². The van der Waals surface area contributed by atoms with E-state index in [1.807, 2.05) is 44.3 Å². The van der Waals surface area contributed by atoms with Gasteiger partial charge in [-0.25, -0.2) is 9.97 Å². The molecule has 0 radical (unpaired) electrons. The van der Waals surface area contributed by atoms with Crippen molar-refractivity contribution in [3.63, 3.8) is 0 Å². The molecule has 0 amide bonds. The van der Waals surface area contributed by atoms with Crippen molar-refractivity contribution < 1.29 is 0 Å². The maximum absolute atomic E-state index is 5.96. The van der Waals surface area contributed by atoms with Crippen molar-refractivity contribution in [2.45, 2.75) is 20.3 Å². The molecule has 0 atom stereocenters. The first kappa shape index (κ1) is 13.3. The van der Waals surface area contributed by atoms with Crippen molar-refractivity contribution >= 4 is 28.1 Å². The van der Waals surface area contributed by atoms with Crippen LogP contribution in [-0.4, -0.2) is 15.0 Å². The summed E-state index contributed by atoms with van der Waals surface area (Å²) in [6.07, 6.45) is 4.38. The summed E-state index contributed by atoms with van der Waals surface area (Å²) in [6.45, 7) is 3.93. The SMILES string of the molecule is CCc1nc(N)c(C)c(Nc2cccc3cnccc23)n1. The lowest BCUT2D eigenvalue weighted by Gasteiger charge is -2.13. The minimum Gasteiger partial charge on any atom is -0.383 e. The summed E-state index contributed by atoms with van der Waals surface area (Å²) < 4.78 is 0. The Morgan fingerprint density at radius 2 is 2.05 bits per heavy atom. The van der Waals surface area contributed by atoms with Gasteiger partial charge in [-0.15, -0.1) is 0 Å². The highest BCUT2D eigenvalue weighted by Gasteiger charge is 2.09. The Hall–Kier alpha value is -2.69. The third kappa shape index (κ3) is 2.50. The van der Waals surface area contributed by atoms with E-state index in [1.54, 1.807) is 6.20 Å². The van der Waals surface area contributed by atoms with Crippen LogP contribution in [0.5, 0.6) is 0 Å². The van der Waals surface area contributed by atoms with Gasteiger partial charge in [0.2, 0.25) is 0 Å². The van der Waals surface area contributed by atoms with E-state index in [0.717, 1.165) is 40.1 Å². The lowest BCUT2D eigenvalue weighted by Crippen LogP contribution is -2.06. The van der Waals surface area contributed by atoms with Gasteiger partial charge >= 0.3 is 0 Å². The lowest BCUT2D eigenvalue weighted by molar-refractivity contribution is 0.940. The molecule has 5 nitrogen and oxygen atoms in total. The summed E-state index contributed by atoms with van der Waals surface area (Å²) in [5.41, 5.74) is 7.81. The molecule has 0 saturated carbocycles. The molecule has 0 unspecified atom stereocenters. The van der Waals surface area contributed by atoms with Gasteiger partial charge in [0, 0.05) is 40.8 Å². The first-order valence-electron chi connectivity index (χ1n) is 6.91. The number of nitrogen functional groups attached to an aromatic ring is 1. The number of hydrogen-bond acceptors (Lipinski definition) is 5. The third-order valence-electron chi connectivity index (χ3n) is 3.48. The molecule has 0 bridgehead atoms. The molecule has 0 aliphatic rings. The van der Waals surface area contributed by atoms with Gasteiger partial charge in [0.25, 0.3) is 0 Å². The van der Waals surface area contributed by atoms with E-state index in [2.05, 4.69) is 20.3 Å². The summed E-state index contributed by atoms with van der Waals surface area (Å²) in [6, 6.07) is 8.03.